The Morgan fingerprint density at radius 1 is 1.00 bits per heavy atom. The Bertz CT molecular complexity index is 531. The van der Waals surface area contributed by atoms with Gasteiger partial charge in [0.15, 0.2) is 0 Å². The number of phenolic OH excluding ortho intramolecular Hbond substituents is 1. The van der Waals surface area contributed by atoms with Crippen molar-refractivity contribution in [3.63, 3.8) is 0 Å². The van der Waals surface area contributed by atoms with E-state index in [9.17, 15) is 5.11 Å². The van der Waals surface area contributed by atoms with Crippen molar-refractivity contribution in [3.8, 4) is 5.75 Å². The van der Waals surface area contributed by atoms with Crippen LogP contribution in [0, 0.1) is 0 Å². The molecule has 1 heterocycles. The second-order valence-corrected chi connectivity index (χ2v) is 7.39. The van der Waals surface area contributed by atoms with Gasteiger partial charge in [-0.2, -0.15) is 0 Å². The fourth-order valence-electron chi connectivity index (χ4n) is 2.67. The highest BCUT2D eigenvalue weighted by molar-refractivity contribution is 6.63. The second kappa shape index (κ2) is 4.02. The van der Waals surface area contributed by atoms with Gasteiger partial charge in [0.05, 0.1) is 11.2 Å². The summed E-state index contributed by atoms with van der Waals surface area (Å²) in [4.78, 5) is 0. The predicted molar refractivity (Wildman–Crippen MR) is 80.4 cm³/mol. The van der Waals surface area contributed by atoms with Crippen molar-refractivity contribution in [2.45, 2.75) is 64.1 Å². The van der Waals surface area contributed by atoms with Crippen molar-refractivity contribution < 1.29 is 14.4 Å². The highest BCUT2D eigenvalue weighted by Gasteiger charge is 2.53. The van der Waals surface area contributed by atoms with Crippen molar-refractivity contribution in [3.05, 3.63) is 23.8 Å². The Morgan fingerprint density at radius 3 is 2.05 bits per heavy atom. The molecule has 3 rings (SSSR count). The summed E-state index contributed by atoms with van der Waals surface area (Å²) in [5, 5.41) is 10.6. The second-order valence-electron chi connectivity index (χ2n) is 7.39. The fourth-order valence-corrected chi connectivity index (χ4v) is 2.67. The molecule has 3 nitrogen and oxygen atoms in total. The maximum Gasteiger partial charge on any atom is 0.498 e. The molecule has 1 saturated heterocycles. The normalized spacial score (nSPS) is 25.8. The lowest BCUT2D eigenvalue weighted by Gasteiger charge is -2.32. The average molecular weight is 274 g/mol. The molecule has 0 bridgehead atoms. The summed E-state index contributed by atoms with van der Waals surface area (Å²) in [5.41, 5.74) is 1.12. The molecule has 1 N–H and O–H groups in total. The van der Waals surface area contributed by atoms with Crippen molar-refractivity contribution in [1.29, 1.82) is 0 Å². The molecule has 0 unspecified atom stereocenters. The van der Waals surface area contributed by atoms with Gasteiger partial charge in [0, 0.05) is 5.46 Å². The molecule has 2 fully saturated rings. The molecule has 1 aromatic rings. The number of hydrogen-bond donors (Lipinski definition) is 1. The number of phenols is 1. The van der Waals surface area contributed by atoms with Crippen molar-refractivity contribution in [2.24, 2.45) is 0 Å². The van der Waals surface area contributed by atoms with Gasteiger partial charge in [0.2, 0.25) is 0 Å². The number of benzene rings is 1. The highest BCUT2D eigenvalue weighted by atomic mass is 16.7. The minimum absolute atomic E-state index is 0.129. The molecule has 0 atom stereocenters. The standard InChI is InChI=1S/C16H23BO3/c1-14(2)15(3,4)20-17(19-14)12-8-6-7-11(13(12)18)16(5)9-10-16/h6-8,18H,9-10H2,1-5H3. The third-order valence-electron chi connectivity index (χ3n) is 5.22. The lowest BCUT2D eigenvalue weighted by Crippen LogP contribution is -2.41. The monoisotopic (exact) mass is 274 g/mol. The summed E-state index contributed by atoms with van der Waals surface area (Å²) in [6.07, 6.45) is 2.26. The minimum Gasteiger partial charge on any atom is -0.508 e. The summed E-state index contributed by atoms with van der Waals surface area (Å²) in [6, 6.07) is 5.89. The summed E-state index contributed by atoms with van der Waals surface area (Å²) < 4.78 is 12.1. The van der Waals surface area contributed by atoms with E-state index in [2.05, 4.69) is 6.92 Å². The van der Waals surface area contributed by atoms with Gasteiger partial charge >= 0.3 is 7.12 Å². The number of para-hydroxylation sites is 1. The highest BCUT2D eigenvalue weighted by Crippen LogP contribution is 2.50. The maximum atomic E-state index is 10.6. The zero-order chi connectivity index (χ0) is 14.8. The van der Waals surface area contributed by atoms with E-state index in [4.69, 9.17) is 9.31 Å². The van der Waals surface area contributed by atoms with E-state index >= 15 is 0 Å². The quantitative estimate of drug-likeness (QED) is 0.843. The first-order valence-corrected chi connectivity index (χ1v) is 7.34. The number of hydrogen-bond acceptors (Lipinski definition) is 3. The zero-order valence-electron chi connectivity index (χ0n) is 13.0. The minimum atomic E-state index is -0.498. The van der Waals surface area contributed by atoms with Crippen LogP contribution < -0.4 is 5.46 Å². The van der Waals surface area contributed by atoms with Crippen LogP contribution in [0.3, 0.4) is 0 Å². The van der Waals surface area contributed by atoms with E-state index in [1.165, 1.54) is 0 Å². The molecule has 0 amide bonds. The van der Waals surface area contributed by atoms with Crippen LogP contribution in [0.2, 0.25) is 0 Å². The van der Waals surface area contributed by atoms with Gasteiger partial charge in [-0.1, -0.05) is 25.1 Å². The number of aromatic hydroxyl groups is 1. The SMILES string of the molecule is CC1(c2cccc(B3OC(C)(C)C(C)(C)O3)c2O)CC1. The van der Waals surface area contributed by atoms with Gasteiger partial charge in [-0.25, -0.2) is 0 Å². The summed E-state index contributed by atoms with van der Waals surface area (Å²) in [7, 11) is -0.498. The summed E-state index contributed by atoms with van der Waals surface area (Å²) in [5.74, 6) is 0.339. The van der Waals surface area contributed by atoms with E-state index < -0.39 is 7.12 Å². The Morgan fingerprint density at radius 2 is 1.55 bits per heavy atom. The molecule has 1 saturated carbocycles. The maximum absolute atomic E-state index is 10.6. The van der Waals surface area contributed by atoms with Gasteiger partial charge < -0.3 is 14.4 Å². The molecular formula is C16H23BO3. The van der Waals surface area contributed by atoms with Crippen LogP contribution in [-0.2, 0) is 14.7 Å². The van der Waals surface area contributed by atoms with Gasteiger partial charge in [-0.15, -0.1) is 0 Å². The van der Waals surface area contributed by atoms with E-state index in [0.717, 1.165) is 23.9 Å². The van der Waals surface area contributed by atoms with E-state index in [1.807, 2.05) is 45.9 Å². The van der Waals surface area contributed by atoms with E-state index in [-0.39, 0.29) is 16.6 Å². The summed E-state index contributed by atoms with van der Waals surface area (Å²) >= 11 is 0. The van der Waals surface area contributed by atoms with Crippen LogP contribution in [0.25, 0.3) is 0 Å². The Kier molecular flexibility index (Phi) is 2.80. The average Bonchev–Trinajstić information content (AvgIpc) is 3.01. The third-order valence-corrected chi connectivity index (χ3v) is 5.22. The largest absolute Gasteiger partial charge is 0.508 e. The molecule has 2 aliphatic rings. The van der Waals surface area contributed by atoms with Crippen LogP contribution in [0.4, 0.5) is 0 Å². The summed E-state index contributed by atoms with van der Waals surface area (Å²) in [6.45, 7) is 10.3. The fraction of sp³-hybridized carbons (Fsp3) is 0.625. The van der Waals surface area contributed by atoms with Crippen LogP contribution in [0.15, 0.2) is 18.2 Å². The smallest absolute Gasteiger partial charge is 0.498 e. The molecule has 108 valence electrons. The van der Waals surface area contributed by atoms with Gasteiger partial charge in [0.1, 0.15) is 5.75 Å². The predicted octanol–water partition coefficient (Wildman–Crippen LogP) is 2.74. The topological polar surface area (TPSA) is 38.7 Å². The van der Waals surface area contributed by atoms with E-state index in [0.29, 0.717) is 5.75 Å². The van der Waals surface area contributed by atoms with Crippen LogP contribution in [-0.4, -0.2) is 23.4 Å². The lowest BCUT2D eigenvalue weighted by molar-refractivity contribution is 0.00578. The molecule has 1 aliphatic heterocycles. The van der Waals surface area contributed by atoms with Crippen LogP contribution >= 0.6 is 0 Å². The molecule has 0 aromatic heterocycles. The van der Waals surface area contributed by atoms with Crippen LogP contribution in [0.1, 0.15) is 53.0 Å². The van der Waals surface area contributed by atoms with Crippen molar-refractivity contribution in [1.82, 2.24) is 0 Å². The molecule has 4 heteroatoms. The molecule has 1 aliphatic carbocycles. The Hall–Kier alpha value is -0.995. The lowest BCUT2D eigenvalue weighted by atomic mass is 9.76. The molecule has 1 aromatic carbocycles. The first kappa shape index (κ1) is 14.0. The van der Waals surface area contributed by atoms with Gasteiger partial charge in [0.25, 0.3) is 0 Å². The van der Waals surface area contributed by atoms with Crippen molar-refractivity contribution in [2.75, 3.05) is 0 Å². The Balaban J connectivity index is 1.97. The molecule has 0 spiro atoms. The van der Waals surface area contributed by atoms with E-state index in [1.54, 1.807) is 0 Å². The van der Waals surface area contributed by atoms with Gasteiger partial charge in [-0.3, -0.25) is 0 Å². The zero-order valence-corrected chi connectivity index (χ0v) is 13.0. The first-order chi connectivity index (χ1) is 9.16. The molecule has 20 heavy (non-hydrogen) atoms. The number of rotatable bonds is 2. The van der Waals surface area contributed by atoms with Gasteiger partial charge in [-0.05, 0) is 51.5 Å². The van der Waals surface area contributed by atoms with Crippen molar-refractivity contribution >= 4 is 12.6 Å². The third kappa shape index (κ3) is 1.97. The molecule has 0 radical (unpaired) electrons. The molecular weight excluding hydrogens is 251 g/mol. The first-order valence-electron chi connectivity index (χ1n) is 7.34. The van der Waals surface area contributed by atoms with Crippen LogP contribution in [0.5, 0.6) is 5.75 Å². The Labute approximate surface area is 121 Å².